The number of carbonyl (C=O) groups excluding carboxylic acids is 2. The maximum atomic E-state index is 12.5. The van der Waals surface area contributed by atoms with E-state index >= 15 is 0 Å². The molecule has 0 unspecified atom stereocenters. The third-order valence-corrected chi connectivity index (χ3v) is 4.64. The van der Waals surface area contributed by atoms with Gasteiger partial charge in [-0.15, -0.1) is 0 Å². The van der Waals surface area contributed by atoms with Crippen LogP contribution in [-0.4, -0.2) is 21.6 Å². The highest BCUT2D eigenvalue weighted by atomic mass is 35.5. The van der Waals surface area contributed by atoms with Crippen LogP contribution >= 0.6 is 23.2 Å². The van der Waals surface area contributed by atoms with Crippen LogP contribution in [0.2, 0.25) is 10.0 Å². The van der Waals surface area contributed by atoms with Gasteiger partial charge in [0, 0.05) is 35.1 Å². The van der Waals surface area contributed by atoms with Gasteiger partial charge in [0.15, 0.2) is 0 Å². The van der Waals surface area contributed by atoms with Gasteiger partial charge in [-0.3, -0.25) is 9.59 Å². The van der Waals surface area contributed by atoms with Crippen molar-refractivity contribution in [3.8, 4) is 0 Å². The predicted molar refractivity (Wildman–Crippen MR) is 110 cm³/mol. The molecule has 0 aliphatic heterocycles. The summed E-state index contributed by atoms with van der Waals surface area (Å²) >= 11 is 12.1. The van der Waals surface area contributed by atoms with Gasteiger partial charge in [0.2, 0.25) is 5.91 Å². The van der Waals surface area contributed by atoms with E-state index in [-0.39, 0.29) is 11.8 Å². The van der Waals surface area contributed by atoms with Gasteiger partial charge in [-0.2, -0.15) is 5.10 Å². The fourth-order valence-electron chi connectivity index (χ4n) is 2.57. The molecule has 0 atom stereocenters. The molecular formula is C20H18Cl2N4O2. The van der Waals surface area contributed by atoms with Crippen LogP contribution in [0.15, 0.2) is 54.7 Å². The van der Waals surface area contributed by atoms with Crippen molar-refractivity contribution in [2.45, 2.75) is 20.0 Å². The van der Waals surface area contributed by atoms with E-state index in [4.69, 9.17) is 23.2 Å². The van der Waals surface area contributed by atoms with Crippen LogP contribution in [0.5, 0.6) is 0 Å². The fourth-order valence-corrected chi connectivity index (χ4v) is 3.03. The molecule has 6 nitrogen and oxygen atoms in total. The molecule has 3 rings (SSSR count). The number of rotatable bonds is 6. The highest BCUT2D eigenvalue weighted by Gasteiger charge is 2.11. The predicted octanol–water partition coefficient (Wildman–Crippen LogP) is 4.13. The van der Waals surface area contributed by atoms with Crippen molar-refractivity contribution < 1.29 is 9.59 Å². The number of halogens is 2. The van der Waals surface area contributed by atoms with E-state index in [0.717, 1.165) is 11.1 Å². The minimum Gasteiger partial charge on any atom is -0.352 e. The minimum absolute atomic E-state index is 0.101. The third kappa shape index (κ3) is 5.12. The number of amides is 2. The highest BCUT2D eigenvalue weighted by Crippen LogP contribution is 2.23. The Morgan fingerprint density at radius 2 is 1.82 bits per heavy atom. The van der Waals surface area contributed by atoms with Gasteiger partial charge in [-0.05, 0) is 35.4 Å². The first-order valence-electron chi connectivity index (χ1n) is 8.53. The number of aromatic nitrogens is 2. The molecule has 2 aromatic carbocycles. The second-order valence-electron chi connectivity index (χ2n) is 6.17. The molecule has 3 aromatic rings. The summed E-state index contributed by atoms with van der Waals surface area (Å²) < 4.78 is 1.65. The Morgan fingerprint density at radius 1 is 1.07 bits per heavy atom. The van der Waals surface area contributed by atoms with E-state index in [2.05, 4.69) is 15.7 Å². The maximum absolute atomic E-state index is 12.5. The molecule has 1 heterocycles. The first-order chi connectivity index (χ1) is 13.4. The van der Waals surface area contributed by atoms with E-state index in [9.17, 15) is 9.59 Å². The van der Waals surface area contributed by atoms with Crippen LogP contribution in [0.25, 0.3) is 0 Å². The Balaban J connectivity index is 1.68. The molecule has 2 N–H and O–H groups in total. The molecule has 0 bridgehead atoms. The highest BCUT2D eigenvalue weighted by molar-refractivity contribution is 6.35. The SMILES string of the molecule is CC(=O)NCc1ccc(C(=O)Nc2ccnn2Cc2ccc(Cl)cc2Cl)cc1. The molecule has 8 heteroatoms. The zero-order valence-corrected chi connectivity index (χ0v) is 16.6. The van der Waals surface area contributed by atoms with Crippen molar-refractivity contribution in [2.75, 3.05) is 5.32 Å². The first kappa shape index (κ1) is 19.9. The zero-order chi connectivity index (χ0) is 20.1. The van der Waals surface area contributed by atoms with Gasteiger partial charge in [0.05, 0.1) is 12.7 Å². The molecule has 0 aliphatic rings. The maximum Gasteiger partial charge on any atom is 0.256 e. The molecule has 0 saturated heterocycles. The molecule has 1 aromatic heterocycles. The average molecular weight is 417 g/mol. The van der Waals surface area contributed by atoms with Gasteiger partial charge in [-0.1, -0.05) is 41.4 Å². The molecule has 0 aliphatic carbocycles. The standard InChI is InChI=1S/C20H18Cl2N4O2/c1-13(27)23-11-14-2-4-15(5-3-14)20(28)25-19-8-9-24-26(19)12-16-6-7-17(21)10-18(16)22/h2-10H,11-12H2,1H3,(H,23,27)(H,25,28). The van der Waals surface area contributed by atoms with Crippen molar-refractivity contribution in [2.24, 2.45) is 0 Å². The number of nitrogens with zero attached hydrogens (tertiary/aromatic N) is 2. The smallest absolute Gasteiger partial charge is 0.256 e. The molecule has 28 heavy (non-hydrogen) atoms. The number of hydrogen-bond acceptors (Lipinski definition) is 3. The summed E-state index contributed by atoms with van der Waals surface area (Å²) in [6.07, 6.45) is 1.61. The number of carbonyl (C=O) groups is 2. The second kappa shape index (κ2) is 8.91. The van der Waals surface area contributed by atoms with Gasteiger partial charge < -0.3 is 10.6 Å². The van der Waals surface area contributed by atoms with Crippen molar-refractivity contribution in [1.82, 2.24) is 15.1 Å². The normalized spacial score (nSPS) is 10.5. The topological polar surface area (TPSA) is 76.0 Å². The average Bonchev–Trinajstić information content (AvgIpc) is 3.09. The Labute approximate surface area is 172 Å². The zero-order valence-electron chi connectivity index (χ0n) is 15.1. The molecule has 144 valence electrons. The van der Waals surface area contributed by atoms with Crippen LogP contribution in [-0.2, 0) is 17.9 Å². The number of hydrogen-bond donors (Lipinski definition) is 2. The van der Waals surface area contributed by atoms with Gasteiger partial charge in [0.1, 0.15) is 5.82 Å². The summed E-state index contributed by atoms with van der Waals surface area (Å²) in [6, 6.07) is 14.0. The van der Waals surface area contributed by atoms with Crippen molar-refractivity contribution in [1.29, 1.82) is 0 Å². The lowest BCUT2D eigenvalue weighted by molar-refractivity contribution is -0.119. The van der Waals surface area contributed by atoms with E-state index in [1.165, 1.54) is 6.92 Å². The van der Waals surface area contributed by atoms with Crippen LogP contribution in [0.4, 0.5) is 5.82 Å². The Bertz CT molecular complexity index is 1000. The van der Waals surface area contributed by atoms with Crippen molar-refractivity contribution >= 4 is 40.8 Å². The Morgan fingerprint density at radius 3 is 2.50 bits per heavy atom. The molecule has 2 amide bonds. The molecule has 0 spiro atoms. The lowest BCUT2D eigenvalue weighted by Gasteiger charge is -2.11. The van der Waals surface area contributed by atoms with E-state index in [1.807, 2.05) is 6.07 Å². The summed E-state index contributed by atoms with van der Waals surface area (Å²) in [4.78, 5) is 23.5. The lowest BCUT2D eigenvalue weighted by Crippen LogP contribution is -2.19. The van der Waals surface area contributed by atoms with Crippen LogP contribution in [0.1, 0.15) is 28.4 Å². The van der Waals surface area contributed by atoms with Crippen LogP contribution < -0.4 is 10.6 Å². The van der Waals surface area contributed by atoms with Gasteiger partial charge >= 0.3 is 0 Å². The quantitative estimate of drug-likeness (QED) is 0.634. The molecular weight excluding hydrogens is 399 g/mol. The number of benzene rings is 2. The molecule has 0 saturated carbocycles. The van der Waals surface area contributed by atoms with E-state index < -0.39 is 0 Å². The van der Waals surface area contributed by atoms with Crippen LogP contribution in [0.3, 0.4) is 0 Å². The molecule has 0 radical (unpaired) electrons. The third-order valence-electron chi connectivity index (χ3n) is 4.05. The molecule has 0 fully saturated rings. The second-order valence-corrected chi connectivity index (χ2v) is 7.01. The number of anilines is 1. The Kier molecular flexibility index (Phi) is 6.34. The van der Waals surface area contributed by atoms with Crippen LogP contribution in [0, 0.1) is 0 Å². The summed E-state index contributed by atoms with van der Waals surface area (Å²) in [5, 5.41) is 10.9. The number of nitrogens with one attached hydrogen (secondary N) is 2. The van der Waals surface area contributed by atoms with Gasteiger partial charge in [-0.25, -0.2) is 4.68 Å². The van der Waals surface area contributed by atoms with Crippen molar-refractivity contribution in [3.63, 3.8) is 0 Å². The summed E-state index contributed by atoms with van der Waals surface area (Å²) in [6.45, 7) is 2.28. The minimum atomic E-state index is -0.255. The van der Waals surface area contributed by atoms with E-state index in [0.29, 0.717) is 34.5 Å². The Hall–Kier alpha value is -2.83. The summed E-state index contributed by atoms with van der Waals surface area (Å²) in [7, 11) is 0. The lowest BCUT2D eigenvalue weighted by atomic mass is 10.1. The largest absolute Gasteiger partial charge is 0.352 e. The van der Waals surface area contributed by atoms with E-state index in [1.54, 1.807) is 53.3 Å². The summed E-state index contributed by atoms with van der Waals surface area (Å²) in [5.74, 6) is 0.198. The first-order valence-corrected chi connectivity index (χ1v) is 9.28. The van der Waals surface area contributed by atoms with Gasteiger partial charge in [0.25, 0.3) is 5.91 Å². The summed E-state index contributed by atoms with van der Waals surface area (Å²) in [5.41, 5.74) is 2.26. The fraction of sp³-hybridized carbons (Fsp3) is 0.150. The monoisotopic (exact) mass is 416 g/mol. The van der Waals surface area contributed by atoms with Crippen molar-refractivity contribution in [3.05, 3.63) is 81.5 Å².